The van der Waals surface area contributed by atoms with Gasteiger partial charge in [0.1, 0.15) is 5.41 Å². The Morgan fingerprint density at radius 2 is 1.83 bits per heavy atom. The van der Waals surface area contributed by atoms with Gasteiger partial charge in [0.05, 0.1) is 6.42 Å². The summed E-state index contributed by atoms with van der Waals surface area (Å²) in [6, 6.07) is 0. The molecule has 1 amide bonds. The summed E-state index contributed by atoms with van der Waals surface area (Å²) in [5, 5.41) is 13.6. The molecule has 0 saturated heterocycles. The van der Waals surface area contributed by atoms with Crippen LogP contribution in [0.1, 0.15) is 33.1 Å². The first-order chi connectivity index (χ1) is 8.23. The number of carbonyl (C=O) groups excluding carboxylic acids is 1. The van der Waals surface area contributed by atoms with Crippen molar-refractivity contribution in [3.8, 4) is 0 Å². The molecular weight excluding hydrogens is 251 g/mol. The molecule has 4 N–H and O–H groups in total. The fourth-order valence-electron chi connectivity index (χ4n) is 1.63. The van der Waals surface area contributed by atoms with Crippen LogP contribution in [-0.2, 0) is 4.79 Å². The minimum Gasteiger partial charge on any atom is -0.409 e. The Morgan fingerprint density at radius 1 is 1.33 bits per heavy atom. The van der Waals surface area contributed by atoms with Crippen LogP contribution in [0.15, 0.2) is 5.16 Å². The third kappa shape index (κ3) is 4.08. The maximum absolute atomic E-state index is 12.0. The predicted octanol–water partition coefficient (Wildman–Crippen LogP) is 1.61. The van der Waals surface area contributed by atoms with Crippen LogP contribution in [0, 0.1) is 5.41 Å². The summed E-state index contributed by atoms with van der Waals surface area (Å²) in [6.07, 6.45) is -4.97. The molecule has 0 aliphatic carbocycles. The minimum absolute atomic E-state index is 0.233. The highest BCUT2D eigenvalue weighted by Gasteiger charge is 2.40. The summed E-state index contributed by atoms with van der Waals surface area (Å²) in [4.78, 5) is 11.9. The standard InChI is InChI=1S/C10H18F3N3O2/c1-3-9(4-2,7(14)16-18)8(17)15-6-5-10(11,12)13/h18H,3-6H2,1-2H3,(H2,14,16)(H,15,17). The smallest absolute Gasteiger partial charge is 0.390 e. The molecule has 0 rings (SSSR count). The molecule has 106 valence electrons. The van der Waals surface area contributed by atoms with E-state index >= 15 is 0 Å². The molecule has 0 saturated carbocycles. The van der Waals surface area contributed by atoms with Gasteiger partial charge in [0.15, 0.2) is 5.84 Å². The van der Waals surface area contributed by atoms with Gasteiger partial charge in [-0.15, -0.1) is 0 Å². The van der Waals surface area contributed by atoms with Gasteiger partial charge in [-0.25, -0.2) is 0 Å². The quantitative estimate of drug-likeness (QED) is 0.296. The van der Waals surface area contributed by atoms with E-state index in [9.17, 15) is 18.0 Å². The number of amides is 1. The number of alkyl halides is 3. The van der Waals surface area contributed by atoms with Crippen molar-refractivity contribution in [3.63, 3.8) is 0 Å². The number of oxime groups is 1. The third-order valence-corrected chi connectivity index (χ3v) is 2.93. The van der Waals surface area contributed by atoms with Gasteiger partial charge in [-0.05, 0) is 12.8 Å². The lowest BCUT2D eigenvalue weighted by Crippen LogP contribution is -2.49. The molecule has 0 aliphatic heterocycles. The largest absolute Gasteiger partial charge is 0.409 e. The zero-order chi connectivity index (χ0) is 14.4. The van der Waals surface area contributed by atoms with Gasteiger partial charge in [-0.1, -0.05) is 19.0 Å². The van der Waals surface area contributed by atoms with Crippen LogP contribution in [0.5, 0.6) is 0 Å². The Kier molecular flexibility index (Phi) is 5.93. The highest BCUT2D eigenvalue weighted by Crippen LogP contribution is 2.27. The Morgan fingerprint density at radius 3 is 2.17 bits per heavy atom. The second-order valence-electron chi connectivity index (χ2n) is 3.90. The third-order valence-electron chi connectivity index (χ3n) is 2.93. The molecule has 0 heterocycles. The highest BCUT2D eigenvalue weighted by atomic mass is 19.4. The molecule has 0 radical (unpaired) electrons. The predicted molar refractivity (Wildman–Crippen MR) is 60.1 cm³/mol. The van der Waals surface area contributed by atoms with Crippen LogP contribution in [-0.4, -0.2) is 29.7 Å². The monoisotopic (exact) mass is 269 g/mol. The van der Waals surface area contributed by atoms with E-state index in [0.717, 1.165) is 0 Å². The number of hydrogen-bond donors (Lipinski definition) is 3. The Bertz CT molecular complexity index is 312. The number of hydrogen-bond acceptors (Lipinski definition) is 3. The Labute approximate surface area is 103 Å². The summed E-state index contributed by atoms with van der Waals surface area (Å²) in [7, 11) is 0. The van der Waals surface area contributed by atoms with Crippen molar-refractivity contribution >= 4 is 11.7 Å². The molecular formula is C10H18F3N3O2. The fraction of sp³-hybridized carbons (Fsp3) is 0.800. The molecule has 0 aromatic carbocycles. The van der Waals surface area contributed by atoms with Crippen LogP contribution >= 0.6 is 0 Å². The van der Waals surface area contributed by atoms with E-state index in [2.05, 4.69) is 10.5 Å². The second kappa shape index (κ2) is 6.46. The summed E-state index contributed by atoms with van der Waals surface area (Å²) in [5.74, 6) is -0.955. The van der Waals surface area contributed by atoms with Crippen LogP contribution in [0.3, 0.4) is 0 Å². The van der Waals surface area contributed by atoms with Crippen LogP contribution < -0.4 is 11.1 Å². The van der Waals surface area contributed by atoms with Crippen LogP contribution in [0.2, 0.25) is 0 Å². The maximum Gasteiger partial charge on any atom is 0.390 e. The van der Waals surface area contributed by atoms with Crippen molar-refractivity contribution in [1.82, 2.24) is 5.32 Å². The summed E-state index contributed by atoms with van der Waals surface area (Å²) in [6.45, 7) is 2.76. The first-order valence-electron chi connectivity index (χ1n) is 5.56. The molecule has 8 heteroatoms. The molecule has 0 bridgehead atoms. The van der Waals surface area contributed by atoms with Crippen molar-refractivity contribution in [2.45, 2.75) is 39.3 Å². The molecule has 0 fully saturated rings. The average molecular weight is 269 g/mol. The topological polar surface area (TPSA) is 87.7 Å². The van der Waals surface area contributed by atoms with Gasteiger partial charge in [-0.2, -0.15) is 13.2 Å². The highest BCUT2D eigenvalue weighted by molar-refractivity contribution is 6.06. The van der Waals surface area contributed by atoms with Crippen molar-refractivity contribution < 1.29 is 23.2 Å². The lowest BCUT2D eigenvalue weighted by atomic mass is 9.80. The Hall–Kier alpha value is -1.47. The number of carbonyl (C=O) groups is 1. The molecule has 0 aromatic heterocycles. The minimum atomic E-state index is -4.33. The zero-order valence-electron chi connectivity index (χ0n) is 10.3. The van der Waals surface area contributed by atoms with E-state index in [0.29, 0.717) is 0 Å². The SMILES string of the molecule is CCC(CC)(C(=O)NCCC(F)(F)F)C(N)=NO. The van der Waals surface area contributed by atoms with E-state index in [4.69, 9.17) is 10.9 Å². The molecule has 5 nitrogen and oxygen atoms in total. The van der Waals surface area contributed by atoms with E-state index in [-0.39, 0.29) is 18.7 Å². The lowest BCUT2D eigenvalue weighted by molar-refractivity contribution is -0.137. The van der Waals surface area contributed by atoms with E-state index in [1.807, 2.05) is 0 Å². The number of nitrogens with two attached hydrogens (primary N) is 1. The number of nitrogens with zero attached hydrogens (tertiary/aromatic N) is 1. The molecule has 0 aromatic rings. The molecule has 18 heavy (non-hydrogen) atoms. The van der Waals surface area contributed by atoms with E-state index < -0.39 is 30.5 Å². The molecule has 0 unspecified atom stereocenters. The van der Waals surface area contributed by atoms with Gasteiger partial charge in [0, 0.05) is 6.54 Å². The lowest BCUT2D eigenvalue weighted by Gasteiger charge is -2.28. The van der Waals surface area contributed by atoms with Gasteiger partial charge >= 0.3 is 6.18 Å². The van der Waals surface area contributed by atoms with Crippen LogP contribution in [0.25, 0.3) is 0 Å². The van der Waals surface area contributed by atoms with Crippen molar-refractivity contribution in [2.24, 2.45) is 16.3 Å². The van der Waals surface area contributed by atoms with Gasteiger partial charge in [-0.3, -0.25) is 4.79 Å². The number of halogens is 3. The Balaban J connectivity index is 4.70. The van der Waals surface area contributed by atoms with E-state index in [1.165, 1.54) is 0 Å². The second-order valence-corrected chi connectivity index (χ2v) is 3.90. The van der Waals surface area contributed by atoms with Crippen LogP contribution in [0.4, 0.5) is 13.2 Å². The molecule has 0 atom stereocenters. The van der Waals surface area contributed by atoms with Gasteiger partial charge in [0.2, 0.25) is 5.91 Å². The number of nitrogens with one attached hydrogen (secondary N) is 1. The van der Waals surface area contributed by atoms with Crippen molar-refractivity contribution in [3.05, 3.63) is 0 Å². The number of rotatable bonds is 6. The first kappa shape index (κ1) is 16.5. The molecule has 0 spiro atoms. The summed E-state index contributed by atoms with van der Waals surface area (Å²) in [5.41, 5.74) is 4.19. The first-order valence-corrected chi connectivity index (χ1v) is 5.56. The number of amidine groups is 1. The summed E-state index contributed by atoms with van der Waals surface area (Å²) < 4.78 is 35.9. The van der Waals surface area contributed by atoms with Gasteiger partial charge in [0.25, 0.3) is 0 Å². The van der Waals surface area contributed by atoms with Crippen molar-refractivity contribution in [2.75, 3.05) is 6.54 Å². The fourth-order valence-corrected chi connectivity index (χ4v) is 1.63. The molecule has 0 aliphatic rings. The van der Waals surface area contributed by atoms with Crippen molar-refractivity contribution in [1.29, 1.82) is 0 Å². The van der Waals surface area contributed by atoms with Gasteiger partial charge < -0.3 is 16.3 Å². The average Bonchev–Trinajstić information content (AvgIpc) is 2.29. The maximum atomic E-state index is 12.0. The van der Waals surface area contributed by atoms with E-state index in [1.54, 1.807) is 13.8 Å². The summed E-state index contributed by atoms with van der Waals surface area (Å²) >= 11 is 0. The normalized spacial score (nSPS) is 13.5. The zero-order valence-corrected chi connectivity index (χ0v) is 10.3.